The van der Waals surface area contributed by atoms with Crippen molar-refractivity contribution in [3.8, 4) is 0 Å². The summed E-state index contributed by atoms with van der Waals surface area (Å²) in [7, 11) is -3.22. The van der Waals surface area contributed by atoms with Crippen molar-refractivity contribution in [3.05, 3.63) is 23.4 Å². The number of hydrogen-bond donors (Lipinski definition) is 0. The van der Waals surface area contributed by atoms with Crippen LogP contribution < -0.4 is 0 Å². The van der Waals surface area contributed by atoms with Gasteiger partial charge < -0.3 is 0 Å². The third-order valence-electron chi connectivity index (χ3n) is 2.23. The van der Waals surface area contributed by atoms with Gasteiger partial charge in [0.25, 0.3) is 0 Å². The van der Waals surface area contributed by atoms with Crippen LogP contribution in [0.15, 0.2) is 22.4 Å². The monoisotopic (exact) mass is 275 g/mol. The first-order valence-electron chi connectivity index (χ1n) is 4.71. The maximum absolute atomic E-state index is 11.9. The van der Waals surface area contributed by atoms with Gasteiger partial charge in [-0.3, -0.25) is 0 Å². The van der Waals surface area contributed by atoms with Crippen LogP contribution in [-0.2, 0) is 9.84 Å². The summed E-state index contributed by atoms with van der Waals surface area (Å²) in [6, 6.07) is 5.08. The van der Waals surface area contributed by atoms with Crippen molar-refractivity contribution in [2.45, 2.75) is 23.3 Å². The predicted octanol–water partition coefficient (Wildman–Crippen LogP) is 3.13. The molecule has 2 heterocycles. The van der Waals surface area contributed by atoms with E-state index in [4.69, 9.17) is 11.6 Å². The summed E-state index contributed by atoms with van der Waals surface area (Å²) in [6.45, 7) is 3.33. The van der Waals surface area contributed by atoms with Gasteiger partial charge in [0.05, 0.1) is 5.25 Å². The van der Waals surface area contributed by atoms with Gasteiger partial charge in [-0.2, -0.15) is 0 Å². The molecule has 0 aliphatic rings. The Morgan fingerprint density at radius 1 is 1.38 bits per heavy atom. The topological polar surface area (TPSA) is 47.0 Å². The molecule has 0 atom stereocenters. The minimum Gasteiger partial charge on any atom is -0.225 e. The van der Waals surface area contributed by atoms with E-state index in [1.165, 1.54) is 0 Å². The summed E-state index contributed by atoms with van der Waals surface area (Å²) in [5.41, 5.74) is 0. The predicted molar refractivity (Wildman–Crippen MR) is 67.0 cm³/mol. The maximum Gasteiger partial charge on any atom is 0.190 e. The Labute approximate surface area is 103 Å². The Hall–Kier alpha value is -0.650. The molecule has 0 aliphatic carbocycles. The van der Waals surface area contributed by atoms with Crippen LogP contribution in [0, 0.1) is 0 Å². The quantitative estimate of drug-likeness (QED) is 0.791. The number of pyridine rings is 1. The van der Waals surface area contributed by atoms with E-state index in [-0.39, 0.29) is 0 Å². The van der Waals surface area contributed by atoms with Crippen molar-refractivity contribution < 1.29 is 8.42 Å². The number of aromatic nitrogens is 1. The van der Waals surface area contributed by atoms with Gasteiger partial charge >= 0.3 is 0 Å². The number of hydrogen-bond acceptors (Lipinski definition) is 4. The lowest BCUT2D eigenvalue weighted by atomic mass is 10.4. The zero-order valence-corrected chi connectivity index (χ0v) is 11.2. The molecule has 2 aromatic heterocycles. The molecule has 0 N–H and O–H groups in total. The van der Waals surface area contributed by atoms with Crippen molar-refractivity contribution in [1.29, 1.82) is 0 Å². The lowest BCUT2D eigenvalue weighted by molar-refractivity contribution is 0.589. The first-order valence-corrected chi connectivity index (χ1v) is 7.45. The summed E-state index contributed by atoms with van der Waals surface area (Å²) in [4.78, 5) is 4.75. The minimum absolute atomic E-state index is 0.354. The first kappa shape index (κ1) is 11.8. The van der Waals surface area contributed by atoms with E-state index >= 15 is 0 Å². The molecule has 0 spiro atoms. The third-order valence-corrected chi connectivity index (χ3v) is 6.14. The fourth-order valence-corrected chi connectivity index (χ4v) is 4.24. The molecule has 6 heteroatoms. The van der Waals surface area contributed by atoms with E-state index in [0.29, 0.717) is 14.2 Å². The van der Waals surface area contributed by atoms with Crippen LogP contribution in [0.3, 0.4) is 0 Å². The smallest absolute Gasteiger partial charge is 0.190 e. The molecule has 0 aliphatic heterocycles. The Kier molecular flexibility index (Phi) is 2.94. The molecule has 0 aromatic carbocycles. The lowest BCUT2D eigenvalue weighted by Gasteiger charge is -2.03. The Bertz CT molecular complexity index is 631. The molecule has 0 saturated carbocycles. The van der Waals surface area contributed by atoms with E-state index < -0.39 is 15.1 Å². The Balaban J connectivity index is 2.65. The van der Waals surface area contributed by atoms with Gasteiger partial charge in [0.15, 0.2) is 9.84 Å². The molecule has 0 amide bonds. The average Bonchev–Trinajstić information content (AvgIpc) is 2.60. The highest BCUT2D eigenvalue weighted by Crippen LogP contribution is 2.30. The van der Waals surface area contributed by atoms with Gasteiger partial charge in [-0.25, -0.2) is 13.4 Å². The Morgan fingerprint density at radius 3 is 2.69 bits per heavy atom. The number of fused-ring (bicyclic) bond motifs is 1. The standard InChI is InChI=1S/C10H10ClNO2S2/c1-6(2)16(13,14)9-5-7-3-4-8(11)12-10(7)15-9/h3-6H,1-2H3. The van der Waals surface area contributed by atoms with Gasteiger partial charge in [0.2, 0.25) is 0 Å². The van der Waals surface area contributed by atoms with Crippen LogP contribution in [0.25, 0.3) is 10.2 Å². The second-order valence-electron chi connectivity index (χ2n) is 3.69. The number of rotatable bonds is 2. The van der Waals surface area contributed by atoms with Crippen molar-refractivity contribution >= 4 is 43.0 Å². The molecule has 0 radical (unpaired) electrons. The molecule has 0 saturated heterocycles. The molecule has 3 nitrogen and oxygen atoms in total. The average molecular weight is 276 g/mol. The summed E-state index contributed by atoms with van der Waals surface area (Å²) < 4.78 is 24.2. The van der Waals surface area contributed by atoms with Crippen molar-refractivity contribution in [1.82, 2.24) is 4.98 Å². The van der Waals surface area contributed by atoms with Crippen LogP contribution in [-0.4, -0.2) is 18.7 Å². The molecule has 2 aromatic rings. The first-order chi connectivity index (χ1) is 7.41. The number of sulfone groups is 1. The van der Waals surface area contributed by atoms with Gasteiger partial charge in [0.1, 0.15) is 14.2 Å². The largest absolute Gasteiger partial charge is 0.225 e. The number of nitrogens with zero attached hydrogens (tertiary/aromatic N) is 1. The van der Waals surface area contributed by atoms with E-state index in [1.807, 2.05) is 0 Å². The van der Waals surface area contributed by atoms with Gasteiger partial charge in [-0.15, -0.1) is 11.3 Å². The minimum atomic E-state index is -3.22. The normalized spacial score (nSPS) is 12.5. The summed E-state index contributed by atoms with van der Waals surface area (Å²) in [5.74, 6) is 0. The molecular formula is C10H10ClNO2S2. The second kappa shape index (κ2) is 3.98. The zero-order valence-electron chi connectivity index (χ0n) is 8.77. The highest BCUT2D eigenvalue weighted by molar-refractivity contribution is 7.94. The van der Waals surface area contributed by atoms with Crippen LogP contribution in [0.1, 0.15) is 13.8 Å². The summed E-state index contributed by atoms with van der Waals surface area (Å²) in [6.07, 6.45) is 0. The van der Waals surface area contributed by atoms with Crippen LogP contribution in [0.5, 0.6) is 0 Å². The molecular weight excluding hydrogens is 266 g/mol. The SMILES string of the molecule is CC(C)S(=O)(=O)c1cc2ccc(Cl)nc2s1. The van der Waals surface area contributed by atoms with E-state index in [2.05, 4.69) is 4.98 Å². The highest BCUT2D eigenvalue weighted by Gasteiger charge is 2.22. The van der Waals surface area contributed by atoms with Crippen LogP contribution in [0.4, 0.5) is 0 Å². The summed E-state index contributed by atoms with van der Waals surface area (Å²) >= 11 is 6.91. The van der Waals surface area contributed by atoms with Crippen molar-refractivity contribution in [3.63, 3.8) is 0 Å². The highest BCUT2D eigenvalue weighted by atomic mass is 35.5. The lowest BCUT2D eigenvalue weighted by Crippen LogP contribution is -2.12. The van der Waals surface area contributed by atoms with Gasteiger partial charge in [0, 0.05) is 5.39 Å². The number of thiophene rings is 1. The molecule has 86 valence electrons. The molecule has 2 rings (SSSR count). The maximum atomic E-state index is 11.9. The molecule has 16 heavy (non-hydrogen) atoms. The van der Waals surface area contributed by atoms with E-state index in [1.54, 1.807) is 32.0 Å². The van der Waals surface area contributed by atoms with Crippen LogP contribution in [0.2, 0.25) is 5.15 Å². The van der Waals surface area contributed by atoms with Crippen LogP contribution >= 0.6 is 22.9 Å². The van der Waals surface area contributed by atoms with Gasteiger partial charge in [-0.1, -0.05) is 11.6 Å². The van der Waals surface area contributed by atoms with E-state index in [0.717, 1.165) is 16.7 Å². The Morgan fingerprint density at radius 2 is 2.06 bits per heavy atom. The number of halogens is 1. The van der Waals surface area contributed by atoms with E-state index in [9.17, 15) is 8.42 Å². The van der Waals surface area contributed by atoms with Crippen molar-refractivity contribution in [2.75, 3.05) is 0 Å². The fraction of sp³-hybridized carbons (Fsp3) is 0.300. The molecule has 0 fully saturated rings. The second-order valence-corrected chi connectivity index (χ2v) is 7.84. The fourth-order valence-electron chi connectivity index (χ4n) is 1.24. The molecule has 0 unspecified atom stereocenters. The summed E-state index contributed by atoms with van der Waals surface area (Å²) in [5, 5.41) is 0.771. The van der Waals surface area contributed by atoms with Crippen molar-refractivity contribution in [2.24, 2.45) is 0 Å². The molecule has 0 bridgehead atoms. The zero-order chi connectivity index (χ0) is 11.9. The third kappa shape index (κ3) is 1.95. The van der Waals surface area contributed by atoms with Gasteiger partial charge in [-0.05, 0) is 32.0 Å².